The highest BCUT2D eigenvalue weighted by Gasteiger charge is 2.35. The van der Waals surface area contributed by atoms with E-state index in [2.05, 4.69) is 5.32 Å². The quantitative estimate of drug-likeness (QED) is 0.694. The largest absolute Gasteiger partial charge is 0.347 e. The van der Waals surface area contributed by atoms with Crippen molar-refractivity contribution in [3.05, 3.63) is 12.2 Å². The minimum absolute atomic E-state index is 0.00139. The molecule has 0 aromatic rings. The van der Waals surface area contributed by atoms with Crippen LogP contribution < -0.4 is 5.32 Å². The summed E-state index contributed by atoms with van der Waals surface area (Å²) in [5, 5.41) is 3.19. The van der Waals surface area contributed by atoms with E-state index in [-0.39, 0.29) is 23.8 Å². The van der Waals surface area contributed by atoms with Crippen LogP contribution >= 0.6 is 0 Å². The second kappa shape index (κ2) is 5.52. The number of allylic oxidation sites excluding steroid dienone is 2. The Kier molecular flexibility index (Phi) is 4.01. The second-order valence-corrected chi connectivity index (χ2v) is 5.12. The van der Waals surface area contributed by atoms with Crippen molar-refractivity contribution in [1.82, 2.24) is 15.1 Å². The molecule has 2 aliphatic rings. The molecule has 2 rings (SSSR count). The van der Waals surface area contributed by atoms with Gasteiger partial charge < -0.3 is 15.1 Å². The van der Waals surface area contributed by atoms with E-state index in [0.717, 1.165) is 19.4 Å². The van der Waals surface area contributed by atoms with Gasteiger partial charge in [0.05, 0.1) is 0 Å². The Morgan fingerprint density at radius 3 is 2.56 bits per heavy atom. The lowest BCUT2D eigenvalue weighted by Crippen LogP contribution is -2.60. The first-order valence-electron chi connectivity index (χ1n) is 6.48. The zero-order chi connectivity index (χ0) is 13.1. The predicted molar refractivity (Wildman–Crippen MR) is 68.9 cm³/mol. The normalized spacial score (nSPS) is 24.3. The standard InChI is InChI=1S/C13H21N3O2/c1-15(2)13(18)11-9-14-7-8-16(11)12(17)10-5-3-4-6-10/h3-4,10-11,14H,5-9H2,1-2H3. The Balaban J connectivity index is 2.07. The van der Waals surface area contributed by atoms with E-state index in [9.17, 15) is 9.59 Å². The molecule has 0 aromatic carbocycles. The Labute approximate surface area is 108 Å². The van der Waals surface area contributed by atoms with E-state index in [0.29, 0.717) is 13.1 Å². The number of hydrogen-bond donors (Lipinski definition) is 1. The lowest BCUT2D eigenvalue weighted by atomic mass is 10.0. The minimum atomic E-state index is -0.346. The first-order valence-corrected chi connectivity index (χ1v) is 6.48. The van der Waals surface area contributed by atoms with Crippen LogP contribution in [-0.4, -0.2) is 61.4 Å². The fraction of sp³-hybridized carbons (Fsp3) is 0.692. The van der Waals surface area contributed by atoms with Gasteiger partial charge in [0.25, 0.3) is 0 Å². The van der Waals surface area contributed by atoms with Crippen molar-refractivity contribution >= 4 is 11.8 Å². The summed E-state index contributed by atoms with van der Waals surface area (Å²) < 4.78 is 0. The van der Waals surface area contributed by atoms with Gasteiger partial charge in [-0.25, -0.2) is 0 Å². The summed E-state index contributed by atoms with van der Waals surface area (Å²) in [7, 11) is 3.47. The molecule has 0 bridgehead atoms. The molecule has 1 aliphatic carbocycles. The Morgan fingerprint density at radius 1 is 1.28 bits per heavy atom. The van der Waals surface area contributed by atoms with Crippen molar-refractivity contribution in [3.8, 4) is 0 Å². The number of rotatable bonds is 2. The molecular formula is C13H21N3O2. The molecule has 1 N–H and O–H groups in total. The number of nitrogens with one attached hydrogen (secondary N) is 1. The predicted octanol–water partition coefficient (Wildman–Crippen LogP) is -0.159. The number of carbonyl (C=O) groups is 2. The topological polar surface area (TPSA) is 52.7 Å². The van der Waals surface area contributed by atoms with Crippen LogP contribution in [0.5, 0.6) is 0 Å². The van der Waals surface area contributed by atoms with Crippen molar-refractivity contribution in [1.29, 1.82) is 0 Å². The van der Waals surface area contributed by atoms with Gasteiger partial charge in [0.15, 0.2) is 0 Å². The lowest BCUT2D eigenvalue weighted by molar-refractivity contribution is -0.147. The second-order valence-electron chi connectivity index (χ2n) is 5.12. The Morgan fingerprint density at radius 2 is 1.94 bits per heavy atom. The minimum Gasteiger partial charge on any atom is -0.347 e. The third kappa shape index (κ3) is 2.56. The van der Waals surface area contributed by atoms with Gasteiger partial charge in [-0.2, -0.15) is 0 Å². The van der Waals surface area contributed by atoms with Gasteiger partial charge in [-0.1, -0.05) is 12.2 Å². The van der Waals surface area contributed by atoms with Crippen LogP contribution in [0.25, 0.3) is 0 Å². The fourth-order valence-corrected chi connectivity index (χ4v) is 2.54. The molecule has 5 nitrogen and oxygen atoms in total. The van der Waals surface area contributed by atoms with Gasteiger partial charge in [0.1, 0.15) is 6.04 Å². The summed E-state index contributed by atoms with van der Waals surface area (Å²) in [6, 6.07) is -0.346. The number of likely N-dealkylation sites (N-methyl/N-ethyl adjacent to an activating group) is 1. The zero-order valence-electron chi connectivity index (χ0n) is 11.1. The number of piperazine rings is 1. The maximum Gasteiger partial charge on any atom is 0.246 e. The molecule has 0 saturated carbocycles. The van der Waals surface area contributed by atoms with Crippen molar-refractivity contribution < 1.29 is 9.59 Å². The van der Waals surface area contributed by atoms with E-state index >= 15 is 0 Å². The first-order chi connectivity index (χ1) is 8.61. The van der Waals surface area contributed by atoms with E-state index in [4.69, 9.17) is 0 Å². The molecule has 0 aromatic heterocycles. The highest BCUT2D eigenvalue weighted by atomic mass is 16.2. The third-order valence-corrected chi connectivity index (χ3v) is 3.61. The lowest BCUT2D eigenvalue weighted by Gasteiger charge is -2.37. The molecular weight excluding hydrogens is 230 g/mol. The highest BCUT2D eigenvalue weighted by molar-refractivity contribution is 5.89. The van der Waals surface area contributed by atoms with Crippen molar-refractivity contribution in [2.75, 3.05) is 33.7 Å². The SMILES string of the molecule is CN(C)C(=O)C1CNCCN1C(=O)C1CC=CC1. The summed E-state index contributed by atoms with van der Waals surface area (Å²) in [5.41, 5.74) is 0. The Hall–Kier alpha value is -1.36. The van der Waals surface area contributed by atoms with E-state index in [1.165, 1.54) is 0 Å². The van der Waals surface area contributed by atoms with Crippen LogP contribution in [-0.2, 0) is 9.59 Å². The molecule has 2 amide bonds. The summed E-state index contributed by atoms with van der Waals surface area (Å²) in [5.74, 6) is 0.170. The molecule has 1 unspecified atom stereocenters. The molecule has 0 radical (unpaired) electrons. The number of hydrogen-bond acceptors (Lipinski definition) is 3. The van der Waals surface area contributed by atoms with Crippen LogP contribution in [0.1, 0.15) is 12.8 Å². The molecule has 1 fully saturated rings. The molecule has 1 aliphatic heterocycles. The molecule has 0 spiro atoms. The zero-order valence-corrected chi connectivity index (χ0v) is 11.1. The third-order valence-electron chi connectivity index (χ3n) is 3.61. The van der Waals surface area contributed by atoms with Gasteiger partial charge in [0.2, 0.25) is 11.8 Å². The maximum atomic E-state index is 12.4. The van der Waals surface area contributed by atoms with Gasteiger partial charge in [-0.3, -0.25) is 9.59 Å². The van der Waals surface area contributed by atoms with Gasteiger partial charge in [-0.15, -0.1) is 0 Å². The first kappa shape index (κ1) is 13.1. The smallest absolute Gasteiger partial charge is 0.246 e. The van der Waals surface area contributed by atoms with Gasteiger partial charge in [0, 0.05) is 39.6 Å². The molecule has 18 heavy (non-hydrogen) atoms. The van der Waals surface area contributed by atoms with Gasteiger partial charge >= 0.3 is 0 Å². The van der Waals surface area contributed by atoms with E-state index in [1.54, 1.807) is 23.9 Å². The summed E-state index contributed by atoms with van der Waals surface area (Å²) >= 11 is 0. The number of nitrogens with zero attached hydrogens (tertiary/aromatic N) is 2. The highest BCUT2D eigenvalue weighted by Crippen LogP contribution is 2.22. The van der Waals surface area contributed by atoms with Crippen LogP contribution in [0, 0.1) is 5.92 Å². The summed E-state index contributed by atoms with van der Waals surface area (Å²) in [6.07, 6.45) is 5.72. The van der Waals surface area contributed by atoms with Crippen molar-refractivity contribution in [2.24, 2.45) is 5.92 Å². The molecule has 5 heteroatoms. The van der Waals surface area contributed by atoms with Gasteiger partial charge in [-0.05, 0) is 12.8 Å². The molecule has 100 valence electrons. The fourth-order valence-electron chi connectivity index (χ4n) is 2.54. The average Bonchev–Trinajstić information content (AvgIpc) is 2.90. The maximum absolute atomic E-state index is 12.4. The molecule has 1 atom stereocenters. The van der Waals surface area contributed by atoms with E-state index in [1.807, 2.05) is 12.2 Å². The number of carbonyl (C=O) groups excluding carboxylic acids is 2. The number of amides is 2. The van der Waals surface area contributed by atoms with E-state index < -0.39 is 0 Å². The van der Waals surface area contributed by atoms with Crippen LogP contribution in [0.2, 0.25) is 0 Å². The van der Waals surface area contributed by atoms with Crippen molar-refractivity contribution in [2.45, 2.75) is 18.9 Å². The summed E-state index contributed by atoms with van der Waals surface area (Å²) in [4.78, 5) is 27.9. The summed E-state index contributed by atoms with van der Waals surface area (Å²) in [6.45, 7) is 1.95. The molecule has 1 saturated heterocycles. The molecule has 1 heterocycles. The van der Waals surface area contributed by atoms with Crippen LogP contribution in [0.15, 0.2) is 12.2 Å². The Bertz CT molecular complexity index is 357. The monoisotopic (exact) mass is 251 g/mol. The van der Waals surface area contributed by atoms with Crippen LogP contribution in [0.4, 0.5) is 0 Å². The van der Waals surface area contributed by atoms with Crippen LogP contribution in [0.3, 0.4) is 0 Å². The van der Waals surface area contributed by atoms with Crippen molar-refractivity contribution in [3.63, 3.8) is 0 Å². The average molecular weight is 251 g/mol.